The predicted molar refractivity (Wildman–Crippen MR) is 86.5 cm³/mol. The number of nitrogens with one attached hydrogen (secondary N) is 1. The molecule has 0 spiro atoms. The van der Waals surface area contributed by atoms with E-state index >= 15 is 0 Å². The number of aromatic nitrogens is 5. The summed E-state index contributed by atoms with van der Waals surface area (Å²) in [5.74, 6) is 0.673. The smallest absolute Gasteiger partial charge is 0.337 e. The van der Waals surface area contributed by atoms with E-state index in [-0.39, 0.29) is 5.69 Å². The van der Waals surface area contributed by atoms with Gasteiger partial charge in [0.1, 0.15) is 11.5 Å². The van der Waals surface area contributed by atoms with Gasteiger partial charge in [-0.2, -0.15) is 18.3 Å². The summed E-state index contributed by atoms with van der Waals surface area (Å²) in [5, 5.41) is 3.95. The number of aromatic amines is 1. The van der Waals surface area contributed by atoms with Gasteiger partial charge in [0.25, 0.3) is 0 Å². The molecule has 4 aromatic rings. The van der Waals surface area contributed by atoms with Crippen LogP contribution in [0, 0.1) is 0 Å². The van der Waals surface area contributed by atoms with E-state index in [0.29, 0.717) is 11.4 Å². The standard InChI is InChI=1S/C17H12F3N5/c1-25-15(17(18,19)20)8-13(24-25)10-2-4-11(5-3-10)16-22-12-6-7-21-9-14(12)23-16/h2-9H,1H3,(H,22,23). The van der Waals surface area contributed by atoms with Crippen LogP contribution in [0.1, 0.15) is 5.69 Å². The number of hydrogen-bond donors (Lipinski definition) is 1. The summed E-state index contributed by atoms with van der Waals surface area (Å²) in [4.78, 5) is 11.7. The Labute approximate surface area is 140 Å². The van der Waals surface area contributed by atoms with E-state index in [9.17, 15) is 13.2 Å². The molecule has 0 saturated heterocycles. The number of imidazole rings is 1. The van der Waals surface area contributed by atoms with Gasteiger partial charge < -0.3 is 4.98 Å². The van der Waals surface area contributed by atoms with Gasteiger partial charge in [-0.05, 0) is 12.1 Å². The van der Waals surface area contributed by atoms with Crippen LogP contribution in [0.25, 0.3) is 33.7 Å². The average molecular weight is 343 g/mol. The van der Waals surface area contributed by atoms with Gasteiger partial charge in [0, 0.05) is 24.4 Å². The van der Waals surface area contributed by atoms with Crippen molar-refractivity contribution in [2.75, 3.05) is 0 Å². The van der Waals surface area contributed by atoms with Crippen molar-refractivity contribution in [2.45, 2.75) is 6.18 Å². The number of aryl methyl sites for hydroxylation is 1. The van der Waals surface area contributed by atoms with Crippen LogP contribution in [-0.4, -0.2) is 24.7 Å². The van der Waals surface area contributed by atoms with Gasteiger partial charge in [-0.1, -0.05) is 24.3 Å². The number of alkyl halides is 3. The number of halogens is 3. The topological polar surface area (TPSA) is 59.4 Å². The van der Waals surface area contributed by atoms with E-state index in [1.54, 1.807) is 42.7 Å². The van der Waals surface area contributed by atoms with Crippen molar-refractivity contribution in [2.24, 2.45) is 7.05 Å². The Morgan fingerprint density at radius 1 is 1.04 bits per heavy atom. The lowest BCUT2D eigenvalue weighted by molar-refractivity contribution is -0.143. The quantitative estimate of drug-likeness (QED) is 0.597. The Morgan fingerprint density at radius 2 is 1.76 bits per heavy atom. The molecule has 0 radical (unpaired) electrons. The molecule has 25 heavy (non-hydrogen) atoms. The molecule has 4 rings (SSSR count). The minimum atomic E-state index is -4.43. The number of pyridine rings is 1. The fraction of sp³-hybridized carbons (Fsp3) is 0.118. The molecule has 0 aliphatic heterocycles. The lowest BCUT2D eigenvalue weighted by Gasteiger charge is -2.04. The Bertz CT molecular complexity index is 1010. The van der Waals surface area contributed by atoms with Crippen molar-refractivity contribution in [1.82, 2.24) is 24.7 Å². The molecule has 126 valence electrons. The Kier molecular flexibility index (Phi) is 3.34. The van der Waals surface area contributed by atoms with E-state index in [4.69, 9.17) is 0 Å². The molecule has 1 aromatic carbocycles. The first-order valence-corrected chi connectivity index (χ1v) is 7.43. The molecule has 0 fully saturated rings. The van der Waals surface area contributed by atoms with Crippen LogP contribution < -0.4 is 0 Å². The number of fused-ring (bicyclic) bond motifs is 1. The lowest BCUT2D eigenvalue weighted by atomic mass is 10.1. The van der Waals surface area contributed by atoms with Crippen LogP contribution in [0.15, 0.2) is 48.8 Å². The second-order valence-corrected chi connectivity index (χ2v) is 5.59. The van der Waals surface area contributed by atoms with Gasteiger partial charge in [0.2, 0.25) is 0 Å². The zero-order chi connectivity index (χ0) is 17.6. The van der Waals surface area contributed by atoms with Gasteiger partial charge in [0.15, 0.2) is 0 Å². The fourth-order valence-electron chi connectivity index (χ4n) is 2.67. The van der Waals surface area contributed by atoms with Gasteiger partial charge >= 0.3 is 6.18 Å². The van der Waals surface area contributed by atoms with Gasteiger partial charge in [-0.15, -0.1) is 0 Å². The molecule has 3 heterocycles. The van der Waals surface area contributed by atoms with Crippen LogP contribution in [0.2, 0.25) is 0 Å². The summed E-state index contributed by atoms with van der Waals surface area (Å²) in [6.07, 6.45) is -1.08. The molecule has 0 unspecified atom stereocenters. The Balaban J connectivity index is 1.68. The van der Waals surface area contributed by atoms with Crippen molar-refractivity contribution in [1.29, 1.82) is 0 Å². The van der Waals surface area contributed by atoms with Crippen LogP contribution in [-0.2, 0) is 13.2 Å². The first kappa shape index (κ1) is 15.4. The zero-order valence-corrected chi connectivity index (χ0v) is 13.0. The van der Waals surface area contributed by atoms with Crippen molar-refractivity contribution in [3.05, 3.63) is 54.5 Å². The summed E-state index contributed by atoms with van der Waals surface area (Å²) < 4.78 is 39.5. The highest BCUT2D eigenvalue weighted by atomic mass is 19.4. The number of hydrogen-bond acceptors (Lipinski definition) is 3. The van der Waals surface area contributed by atoms with Crippen molar-refractivity contribution in [3.8, 4) is 22.6 Å². The Morgan fingerprint density at radius 3 is 2.40 bits per heavy atom. The average Bonchev–Trinajstić information content (AvgIpc) is 3.18. The van der Waals surface area contributed by atoms with Crippen LogP contribution in [0.5, 0.6) is 0 Å². The molecule has 0 aliphatic carbocycles. The number of benzene rings is 1. The third-order valence-electron chi connectivity index (χ3n) is 3.91. The normalized spacial score (nSPS) is 12.0. The highest BCUT2D eigenvalue weighted by Gasteiger charge is 2.35. The molecule has 5 nitrogen and oxygen atoms in total. The van der Waals surface area contributed by atoms with Crippen LogP contribution in [0.4, 0.5) is 13.2 Å². The fourth-order valence-corrected chi connectivity index (χ4v) is 2.67. The van der Waals surface area contributed by atoms with E-state index < -0.39 is 11.9 Å². The third kappa shape index (κ3) is 2.75. The van der Waals surface area contributed by atoms with Crippen molar-refractivity contribution < 1.29 is 13.2 Å². The molecule has 0 atom stereocenters. The molecule has 0 bridgehead atoms. The molecular weight excluding hydrogens is 331 g/mol. The molecule has 0 amide bonds. The van der Waals surface area contributed by atoms with E-state index in [1.165, 1.54) is 7.05 Å². The van der Waals surface area contributed by atoms with Crippen LogP contribution >= 0.6 is 0 Å². The lowest BCUT2D eigenvalue weighted by Crippen LogP contribution is -2.11. The van der Waals surface area contributed by atoms with Gasteiger partial charge in [-0.25, -0.2) is 4.98 Å². The number of H-pyrrole nitrogens is 1. The van der Waals surface area contributed by atoms with Crippen molar-refractivity contribution >= 4 is 11.0 Å². The summed E-state index contributed by atoms with van der Waals surface area (Å²) in [7, 11) is 1.28. The molecule has 8 heteroatoms. The SMILES string of the molecule is Cn1nc(-c2ccc(-c3nc4ccncc4[nH]3)cc2)cc1C(F)(F)F. The summed E-state index contributed by atoms with van der Waals surface area (Å²) in [5.41, 5.74) is 2.54. The van der Waals surface area contributed by atoms with E-state index in [2.05, 4.69) is 20.1 Å². The molecule has 3 aromatic heterocycles. The predicted octanol–water partition coefficient (Wildman–Crippen LogP) is 4.04. The first-order chi connectivity index (χ1) is 11.9. The number of rotatable bonds is 2. The molecular formula is C17H12F3N5. The number of nitrogens with zero attached hydrogens (tertiary/aromatic N) is 4. The summed E-state index contributed by atoms with van der Waals surface area (Å²) in [6, 6.07) is 9.88. The summed E-state index contributed by atoms with van der Waals surface area (Å²) in [6.45, 7) is 0. The highest BCUT2D eigenvalue weighted by molar-refractivity contribution is 5.78. The maximum absolute atomic E-state index is 12.9. The monoisotopic (exact) mass is 343 g/mol. The van der Waals surface area contributed by atoms with Crippen molar-refractivity contribution in [3.63, 3.8) is 0 Å². The van der Waals surface area contributed by atoms with Crippen LogP contribution in [0.3, 0.4) is 0 Å². The van der Waals surface area contributed by atoms with E-state index in [0.717, 1.165) is 27.3 Å². The zero-order valence-electron chi connectivity index (χ0n) is 13.0. The Hall–Kier alpha value is -3.16. The van der Waals surface area contributed by atoms with E-state index in [1.807, 2.05) is 0 Å². The molecule has 1 N–H and O–H groups in total. The highest BCUT2D eigenvalue weighted by Crippen LogP contribution is 2.32. The third-order valence-corrected chi connectivity index (χ3v) is 3.91. The minimum absolute atomic E-state index is 0.273. The van der Waals surface area contributed by atoms with Gasteiger partial charge in [-0.3, -0.25) is 9.67 Å². The molecule has 0 aliphatic rings. The maximum atomic E-state index is 12.9. The molecule has 0 saturated carbocycles. The minimum Gasteiger partial charge on any atom is -0.337 e. The summed E-state index contributed by atoms with van der Waals surface area (Å²) >= 11 is 0. The first-order valence-electron chi connectivity index (χ1n) is 7.43. The second kappa shape index (κ2) is 5.44. The second-order valence-electron chi connectivity index (χ2n) is 5.59. The van der Waals surface area contributed by atoms with Gasteiger partial charge in [0.05, 0.1) is 22.9 Å². The maximum Gasteiger partial charge on any atom is 0.433 e. The largest absolute Gasteiger partial charge is 0.433 e.